The van der Waals surface area contributed by atoms with Gasteiger partial charge >= 0.3 is 0 Å². The van der Waals surface area contributed by atoms with E-state index in [-0.39, 0.29) is 0 Å². The van der Waals surface area contributed by atoms with Crippen LogP contribution in [0.25, 0.3) is 106 Å². The summed E-state index contributed by atoms with van der Waals surface area (Å²) in [7, 11) is 0. The zero-order valence-electron chi connectivity index (χ0n) is 29.8. The molecule has 0 aliphatic heterocycles. The molecule has 11 aromatic rings. The number of aromatic nitrogens is 4. The monoisotopic (exact) mass is 700 g/mol. The van der Waals surface area contributed by atoms with Crippen LogP contribution in [0.1, 0.15) is 0 Å². The van der Waals surface area contributed by atoms with E-state index in [0.29, 0.717) is 17.5 Å². The lowest BCUT2D eigenvalue weighted by Crippen LogP contribution is -2.01. The number of nitrogens with zero attached hydrogens (tertiary/aromatic N) is 4. The van der Waals surface area contributed by atoms with Crippen molar-refractivity contribution < 1.29 is 0 Å². The van der Waals surface area contributed by atoms with Gasteiger partial charge in [0, 0.05) is 43.8 Å². The molecule has 8 aromatic carbocycles. The third-order valence-electron chi connectivity index (χ3n) is 10.8. The first-order chi connectivity index (χ1) is 27.3. The lowest BCUT2D eigenvalue weighted by Gasteiger charge is -2.15. The summed E-state index contributed by atoms with van der Waals surface area (Å²) in [5, 5.41) is 4.78. The second-order valence-corrected chi connectivity index (χ2v) is 14.0. The second-order valence-electron chi connectivity index (χ2n) is 14.0. The minimum absolute atomic E-state index is 0.641. The fourth-order valence-corrected chi connectivity index (χ4v) is 8.24. The van der Waals surface area contributed by atoms with Crippen LogP contribution in [-0.4, -0.2) is 19.4 Å². The summed E-state index contributed by atoms with van der Waals surface area (Å²) in [6.45, 7) is 0. The van der Waals surface area contributed by atoms with Crippen molar-refractivity contribution >= 4 is 38.1 Å². The van der Waals surface area contributed by atoms with Gasteiger partial charge in [0.05, 0.1) is 16.6 Å². The van der Waals surface area contributed by atoms with E-state index < -0.39 is 0 Å². The summed E-state index contributed by atoms with van der Waals surface area (Å²) in [6, 6.07) is 68.5. The molecule has 0 unspecified atom stereocenters. The van der Waals surface area contributed by atoms with Crippen molar-refractivity contribution in [1.29, 1.82) is 0 Å². The molecule has 0 N–H and O–H groups in total. The van der Waals surface area contributed by atoms with E-state index in [9.17, 15) is 0 Å². The highest BCUT2D eigenvalue weighted by molar-refractivity contribution is 6.29. The van der Waals surface area contributed by atoms with Crippen molar-refractivity contribution in [1.82, 2.24) is 19.4 Å². The average molecular weight is 701 g/mol. The predicted molar refractivity (Wildman–Crippen MR) is 227 cm³/mol. The van der Waals surface area contributed by atoms with Gasteiger partial charge in [0.15, 0.2) is 17.5 Å². The van der Waals surface area contributed by atoms with Crippen molar-refractivity contribution in [3.05, 3.63) is 194 Å². The molecular weight excluding hydrogens is 669 g/mol. The molecule has 3 aromatic heterocycles. The second kappa shape index (κ2) is 12.6. The van der Waals surface area contributed by atoms with Gasteiger partial charge in [0.1, 0.15) is 0 Å². The zero-order valence-corrected chi connectivity index (χ0v) is 29.8. The molecule has 0 fully saturated rings. The molecule has 0 atom stereocenters. The molecule has 256 valence electrons. The summed E-state index contributed by atoms with van der Waals surface area (Å²) < 4.78 is 2.43. The summed E-state index contributed by atoms with van der Waals surface area (Å²) >= 11 is 0. The van der Waals surface area contributed by atoms with E-state index >= 15 is 0 Å². The molecular formula is C51H32N4. The Labute approximate surface area is 318 Å². The quantitative estimate of drug-likeness (QED) is 0.173. The lowest BCUT2D eigenvalue weighted by molar-refractivity contribution is 1.08. The summed E-state index contributed by atoms with van der Waals surface area (Å²) in [5.74, 6) is 1.93. The van der Waals surface area contributed by atoms with Gasteiger partial charge in [-0.25, -0.2) is 15.0 Å². The molecule has 0 amide bonds. The van der Waals surface area contributed by atoms with Crippen LogP contribution in [-0.2, 0) is 0 Å². The highest BCUT2D eigenvalue weighted by atomic mass is 15.0. The van der Waals surface area contributed by atoms with E-state index in [2.05, 4.69) is 162 Å². The molecule has 11 rings (SSSR count). The van der Waals surface area contributed by atoms with Crippen molar-refractivity contribution in [2.75, 3.05) is 0 Å². The van der Waals surface area contributed by atoms with E-state index in [1.807, 2.05) is 36.4 Å². The van der Waals surface area contributed by atoms with E-state index in [1.54, 1.807) is 0 Å². The third kappa shape index (κ3) is 5.11. The smallest absolute Gasteiger partial charge is 0.164 e. The number of rotatable bonds is 6. The molecule has 0 saturated heterocycles. The summed E-state index contributed by atoms with van der Waals surface area (Å²) in [4.78, 5) is 15.6. The Morgan fingerprint density at radius 2 is 0.709 bits per heavy atom. The first-order valence-electron chi connectivity index (χ1n) is 18.6. The Hall–Kier alpha value is -7.43. The molecule has 0 aliphatic rings. The maximum Gasteiger partial charge on any atom is 0.164 e. The summed E-state index contributed by atoms with van der Waals surface area (Å²) in [5.41, 5.74) is 13.4. The molecule has 0 aliphatic carbocycles. The average Bonchev–Trinajstić information content (AvgIpc) is 3.79. The standard InChI is InChI=1S/C51H32N4/c1-4-14-33(15-5-1)34-24-26-35(27-25-34)36-28-30-37(31-29-36)46-43(51-53-49(38-16-6-2-7-17-38)52-50(54-51)39-18-8-3-9-19-39)32-42-40-20-10-12-22-44(40)55-45-23-13-11-21-41(45)47(46)48(42)55/h1-32H. The maximum absolute atomic E-state index is 5.27. The number of para-hydroxylation sites is 2. The number of fused-ring (bicyclic) bond motifs is 6. The zero-order chi connectivity index (χ0) is 36.3. The molecule has 3 heterocycles. The Kier molecular flexibility index (Phi) is 7.14. The molecule has 0 spiro atoms. The Balaban J connectivity index is 1.18. The van der Waals surface area contributed by atoms with Gasteiger partial charge in [-0.1, -0.05) is 176 Å². The maximum atomic E-state index is 5.27. The van der Waals surface area contributed by atoms with Crippen LogP contribution < -0.4 is 0 Å². The van der Waals surface area contributed by atoms with E-state index in [4.69, 9.17) is 15.0 Å². The van der Waals surface area contributed by atoms with E-state index in [0.717, 1.165) is 33.4 Å². The van der Waals surface area contributed by atoms with Crippen molar-refractivity contribution in [3.8, 4) is 67.5 Å². The van der Waals surface area contributed by atoms with Gasteiger partial charge in [0.25, 0.3) is 0 Å². The Morgan fingerprint density at radius 1 is 0.309 bits per heavy atom. The Morgan fingerprint density at radius 3 is 1.25 bits per heavy atom. The van der Waals surface area contributed by atoms with Crippen LogP contribution in [0.15, 0.2) is 194 Å². The van der Waals surface area contributed by atoms with Gasteiger partial charge in [-0.05, 0) is 46.0 Å². The number of hydrogen-bond donors (Lipinski definition) is 0. The fraction of sp³-hybridized carbons (Fsp3) is 0. The lowest BCUT2D eigenvalue weighted by atomic mass is 9.90. The highest BCUT2D eigenvalue weighted by Crippen LogP contribution is 2.48. The molecule has 0 saturated carbocycles. The van der Waals surface area contributed by atoms with Crippen molar-refractivity contribution in [3.63, 3.8) is 0 Å². The van der Waals surface area contributed by atoms with Gasteiger partial charge < -0.3 is 4.40 Å². The molecule has 4 nitrogen and oxygen atoms in total. The van der Waals surface area contributed by atoms with Gasteiger partial charge in [-0.2, -0.15) is 0 Å². The van der Waals surface area contributed by atoms with Crippen LogP contribution >= 0.6 is 0 Å². The van der Waals surface area contributed by atoms with Gasteiger partial charge in [0.2, 0.25) is 0 Å². The SMILES string of the molecule is c1ccc(-c2ccc(-c3ccc(-c4c(-c5nc(-c6ccccc6)nc(-c6ccccc6)n5)cc5c6ccccc6n6c7ccccc7c4c56)cc3)cc2)cc1. The highest BCUT2D eigenvalue weighted by Gasteiger charge is 2.25. The molecule has 55 heavy (non-hydrogen) atoms. The third-order valence-corrected chi connectivity index (χ3v) is 10.8. The fourth-order valence-electron chi connectivity index (χ4n) is 8.24. The molecule has 0 bridgehead atoms. The van der Waals surface area contributed by atoms with Crippen molar-refractivity contribution in [2.45, 2.75) is 0 Å². The van der Waals surface area contributed by atoms with Gasteiger partial charge in [-0.15, -0.1) is 0 Å². The largest absolute Gasteiger partial charge is 0.308 e. The van der Waals surface area contributed by atoms with E-state index in [1.165, 1.54) is 54.8 Å². The normalized spacial score (nSPS) is 11.6. The number of hydrogen-bond acceptors (Lipinski definition) is 3. The van der Waals surface area contributed by atoms with Crippen molar-refractivity contribution in [2.24, 2.45) is 0 Å². The Bertz CT molecular complexity index is 3090. The summed E-state index contributed by atoms with van der Waals surface area (Å²) in [6.07, 6.45) is 0. The minimum Gasteiger partial charge on any atom is -0.308 e. The topological polar surface area (TPSA) is 43.1 Å². The van der Waals surface area contributed by atoms with Gasteiger partial charge in [-0.3, -0.25) is 0 Å². The first kappa shape index (κ1) is 31.1. The van der Waals surface area contributed by atoms with Crippen LogP contribution in [0.5, 0.6) is 0 Å². The predicted octanol–water partition coefficient (Wildman–Crippen LogP) is 13.0. The van der Waals surface area contributed by atoms with Crippen LogP contribution in [0.4, 0.5) is 0 Å². The van der Waals surface area contributed by atoms with Crippen LogP contribution in [0.2, 0.25) is 0 Å². The number of benzene rings is 8. The first-order valence-corrected chi connectivity index (χ1v) is 18.6. The molecule has 0 radical (unpaired) electrons. The van der Waals surface area contributed by atoms with Crippen LogP contribution in [0, 0.1) is 0 Å². The molecule has 4 heteroatoms. The minimum atomic E-state index is 0.641. The van der Waals surface area contributed by atoms with Crippen LogP contribution in [0.3, 0.4) is 0 Å².